The van der Waals surface area contributed by atoms with Crippen molar-refractivity contribution in [2.75, 3.05) is 13.2 Å². The Kier molecular flexibility index (Phi) is 4.67. The highest BCUT2D eigenvalue weighted by Crippen LogP contribution is 2.15. The molecule has 0 aromatic heterocycles. The molecule has 1 unspecified atom stereocenters. The van der Waals surface area contributed by atoms with Crippen LogP contribution in [0, 0.1) is 5.92 Å². The number of hydroxylamine groups is 1. The van der Waals surface area contributed by atoms with Crippen molar-refractivity contribution in [1.82, 2.24) is 5.48 Å². The molecule has 1 saturated heterocycles. The van der Waals surface area contributed by atoms with E-state index in [0.717, 1.165) is 0 Å². The quantitative estimate of drug-likeness (QED) is 0.461. The van der Waals surface area contributed by atoms with Gasteiger partial charge in [0.2, 0.25) is 0 Å². The maximum absolute atomic E-state index is 11.5. The van der Waals surface area contributed by atoms with Crippen molar-refractivity contribution in [2.45, 2.75) is 25.3 Å². The van der Waals surface area contributed by atoms with Crippen LogP contribution in [-0.4, -0.2) is 41.2 Å². The standard InChI is InChI=1S/C9H15NO5/c11-4-2-1-3-7(13)6(5-12)8-9(14)15-10-8/h6,8,10-12H,1-5H2/t6?,8-/m0/s1. The molecule has 0 aromatic carbocycles. The van der Waals surface area contributed by atoms with Gasteiger partial charge in [-0.3, -0.25) is 4.79 Å². The van der Waals surface area contributed by atoms with Crippen LogP contribution in [0.4, 0.5) is 0 Å². The van der Waals surface area contributed by atoms with Crippen LogP contribution in [0.25, 0.3) is 0 Å². The molecule has 0 saturated carbocycles. The Morgan fingerprint density at radius 2 is 2.20 bits per heavy atom. The largest absolute Gasteiger partial charge is 0.396 e. The lowest BCUT2D eigenvalue weighted by atomic mass is 9.92. The van der Waals surface area contributed by atoms with Crippen molar-refractivity contribution in [3.63, 3.8) is 0 Å². The monoisotopic (exact) mass is 217 g/mol. The van der Waals surface area contributed by atoms with E-state index in [1.807, 2.05) is 0 Å². The van der Waals surface area contributed by atoms with Crippen LogP contribution in [0.1, 0.15) is 19.3 Å². The first kappa shape index (κ1) is 12.1. The van der Waals surface area contributed by atoms with Crippen molar-refractivity contribution in [3.8, 4) is 0 Å². The topological polar surface area (TPSA) is 95.9 Å². The minimum Gasteiger partial charge on any atom is -0.396 e. The van der Waals surface area contributed by atoms with E-state index >= 15 is 0 Å². The van der Waals surface area contributed by atoms with Gasteiger partial charge >= 0.3 is 5.97 Å². The maximum atomic E-state index is 11.5. The van der Waals surface area contributed by atoms with Gasteiger partial charge in [-0.1, -0.05) is 0 Å². The molecule has 0 bridgehead atoms. The molecule has 15 heavy (non-hydrogen) atoms. The highest BCUT2D eigenvalue weighted by Gasteiger charge is 2.41. The zero-order valence-corrected chi connectivity index (χ0v) is 8.31. The van der Waals surface area contributed by atoms with Crippen molar-refractivity contribution in [3.05, 3.63) is 0 Å². The average molecular weight is 217 g/mol. The number of carbonyl (C=O) groups excluding carboxylic acids is 2. The third kappa shape index (κ3) is 2.98. The number of hydrogen-bond donors (Lipinski definition) is 3. The Labute approximate surface area is 87.2 Å². The minimum absolute atomic E-state index is 0.0425. The summed E-state index contributed by atoms with van der Waals surface area (Å²) in [6.07, 6.45) is 1.37. The van der Waals surface area contributed by atoms with Crippen LogP contribution in [0.5, 0.6) is 0 Å². The lowest BCUT2D eigenvalue weighted by Gasteiger charge is -2.30. The van der Waals surface area contributed by atoms with E-state index in [2.05, 4.69) is 10.3 Å². The van der Waals surface area contributed by atoms with E-state index in [-0.39, 0.29) is 25.4 Å². The van der Waals surface area contributed by atoms with Gasteiger partial charge in [-0.15, -0.1) is 5.48 Å². The summed E-state index contributed by atoms with van der Waals surface area (Å²) in [5, 5.41) is 17.5. The zero-order valence-electron chi connectivity index (χ0n) is 8.31. The molecule has 0 spiro atoms. The van der Waals surface area contributed by atoms with Crippen LogP contribution in [0.3, 0.4) is 0 Å². The van der Waals surface area contributed by atoms with Crippen LogP contribution in [-0.2, 0) is 14.4 Å². The first-order valence-corrected chi connectivity index (χ1v) is 4.91. The van der Waals surface area contributed by atoms with Gasteiger partial charge in [0.05, 0.1) is 12.5 Å². The Morgan fingerprint density at radius 3 is 2.60 bits per heavy atom. The first-order valence-electron chi connectivity index (χ1n) is 4.91. The van der Waals surface area contributed by atoms with Crippen molar-refractivity contribution < 1.29 is 24.6 Å². The average Bonchev–Trinajstić information content (AvgIpc) is 2.23. The number of carbonyl (C=O) groups is 2. The number of nitrogens with one attached hydrogen (secondary N) is 1. The molecule has 2 atom stereocenters. The second kappa shape index (κ2) is 5.79. The molecule has 0 aromatic rings. The smallest absolute Gasteiger partial charge is 0.346 e. The van der Waals surface area contributed by atoms with Crippen LogP contribution in [0.15, 0.2) is 0 Å². The second-order valence-corrected chi connectivity index (χ2v) is 3.45. The molecule has 6 nitrogen and oxygen atoms in total. The number of unbranched alkanes of at least 4 members (excludes halogenated alkanes) is 1. The predicted octanol–water partition coefficient (Wildman–Crippen LogP) is -1.24. The highest BCUT2D eigenvalue weighted by molar-refractivity contribution is 5.90. The summed E-state index contributed by atoms with van der Waals surface area (Å²) in [6.45, 7) is -0.328. The maximum Gasteiger partial charge on any atom is 0.346 e. The van der Waals surface area contributed by atoms with Crippen LogP contribution >= 0.6 is 0 Å². The zero-order chi connectivity index (χ0) is 11.3. The number of ketones is 1. The summed E-state index contributed by atoms with van der Waals surface area (Å²) in [4.78, 5) is 26.7. The van der Waals surface area contributed by atoms with Gasteiger partial charge in [0.15, 0.2) is 6.04 Å². The molecule has 0 aliphatic carbocycles. The van der Waals surface area contributed by atoms with E-state index in [1.54, 1.807) is 0 Å². The molecule has 6 heteroatoms. The van der Waals surface area contributed by atoms with E-state index in [0.29, 0.717) is 12.8 Å². The van der Waals surface area contributed by atoms with E-state index in [9.17, 15) is 9.59 Å². The predicted molar refractivity (Wildman–Crippen MR) is 49.5 cm³/mol. The van der Waals surface area contributed by atoms with Gasteiger partial charge in [-0.2, -0.15) is 0 Å². The molecule has 1 rings (SSSR count). The Morgan fingerprint density at radius 1 is 1.47 bits per heavy atom. The Hall–Kier alpha value is -0.980. The van der Waals surface area contributed by atoms with E-state index < -0.39 is 17.9 Å². The van der Waals surface area contributed by atoms with Crippen LogP contribution < -0.4 is 5.48 Å². The number of aliphatic hydroxyl groups is 2. The lowest BCUT2D eigenvalue weighted by molar-refractivity contribution is -0.187. The molecule has 1 aliphatic rings. The van der Waals surface area contributed by atoms with Crippen molar-refractivity contribution in [1.29, 1.82) is 0 Å². The fourth-order valence-electron chi connectivity index (χ4n) is 1.41. The molecular weight excluding hydrogens is 202 g/mol. The summed E-state index contributed by atoms with van der Waals surface area (Å²) in [5.74, 6) is -1.42. The first-order chi connectivity index (χ1) is 7.20. The van der Waals surface area contributed by atoms with Gasteiger partial charge in [0.1, 0.15) is 5.78 Å². The van der Waals surface area contributed by atoms with E-state index in [4.69, 9.17) is 10.2 Å². The fraction of sp³-hybridized carbons (Fsp3) is 0.778. The lowest BCUT2D eigenvalue weighted by Crippen LogP contribution is -2.58. The Balaban J connectivity index is 2.36. The SMILES string of the molecule is O=C(CCCCO)C(CO)[C@@H]1NOC1=O. The van der Waals surface area contributed by atoms with Crippen molar-refractivity contribution >= 4 is 11.8 Å². The molecule has 3 N–H and O–H groups in total. The molecule has 0 amide bonds. The Bertz CT molecular complexity index is 243. The second-order valence-electron chi connectivity index (χ2n) is 3.45. The molecular formula is C9H15NO5. The molecule has 1 fully saturated rings. The third-order valence-corrected chi connectivity index (χ3v) is 2.38. The summed E-state index contributed by atoms with van der Waals surface area (Å²) in [6, 6.07) is -0.711. The fourth-order valence-corrected chi connectivity index (χ4v) is 1.41. The molecule has 86 valence electrons. The number of Topliss-reactive ketones (excluding diaryl/α,β-unsaturated/α-hetero) is 1. The third-order valence-electron chi connectivity index (χ3n) is 2.38. The summed E-state index contributed by atoms with van der Waals surface area (Å²) >= 11 is 0. The van der Waals surface area contributed by atoms with Gasteiger partial charge < -0.3 is 15.1 Å². The van der Waals surface area contributed by atoms with Crippen molar-refractivity contribution in [2.24, 2.45) is 5.92 Å². The van der Waals surface area contributed by atoms with Gasteiger partial charge in [-0.05, 0) is 12.8 Å². The number of hydrogen-bond acceptors (Lipinski definition) is 6. The summed E-state index contributed by atoms with van der Waals surface area (Å²) < 4.78 is 0. The minimum atomic E-state index is -0.732. The summed E-state index contributed by atoms with van der Waals surface area (Å²) in [5.41, 5.74) is 2.34. The molecule has 1 heterocycles. The van der Waals surface area contributed by atoms with E-state index in [1.165, 1.54) is 0 Å². The molecule has 1 aliphatic heterocycles. The molecule has 0 radical (unpaired) electrons. The van der Waals surface area contributed by atoms with Gasteiger partial charge in [0, 0.05) is 13.0 Å². The summed E-state index contributed by atoms with van der Waals surface area (Å²) in [7, 11) is 0. The number of aliphatic hydroxyl groups excluding tert-OH is 2. The number of rotatable bonds is 7. The van der Waals surface area contributed by atoms with Gasteiger partial charge in [-0.25, -0.2) is 4.79 Å². The van der Waals surface area contributed by atoms with Gasteiger partial charge in [0.25, 0.3) is 0 Å². The van der Waals surface area contributed by atoms with Crippen LogP contribution in [0.2, 0.25) is 0 Å². The normalized spacial score (nSPS) is 21.7. The highest BCUT2D eigenvalue weighted by atomic mass is 16.7.